The third-order valence-corrected chi connectivity index (χ3v) is 4.02. The van der Waals surface area contributed by atoms with E-state index in [0.717, 1.165) is 0 Å². The van der Waals surface area contributed by atoms with Gasteiger partial charge in [0, 0.05) is 6.07 Å². The minimum absolute atomic E-state index is 0.131. The lowest BCUT2D eigenvalue weighted by molar-refractivity contribution is -0.151. The Balaban J connectivity index is 2.21. The van der Waals surface area contributed by atoms with Gasteiger partial charge in [-0.1, -0.05) is 6.92 Å². The Bertz CT molecular complexity index is 661. The number of nitrogens with zero attached hydrogens (tertiary/aromatic N) is 1. The van der Waals surface area contributed by atoms with E-state index in [1.54, 1.807) is 4.57 Å². The zero-order valence-electron chi connectivity index (χ0n) is 12.6. The average molecular weight is 293 g/mol. The standard InChI is InChI=1S/C15H19NO5/c1-5-8-6-10(17)16-7-9-13(21-15(2,3)20-9)12(16)11(8)14(18)19-4/h6,9,13H,5,7H2,1-4H3/t9-,13-/m1/s1. The normalized spacial score (nSPS) is 25.5. The molecule has 0 aliphatic carbocycles. The van der Waals surface area contributed by atoms with Crippen LogP contribution in [-0.2, 0) is 27.2 Å². The summed E-state index contributed by atoms with van der Waals surface area (Å²) in [6.45, 7) is 5.96. The monoisotopic (exact) mass is 293 g/mol. The number of methoxy groups -OCH3 is 1. The zero-order chi connectivity index (χ0) is 15.4. The molecular weight excluding hydrogens is 274 g/mol. The maximum absolute atomic E-state index is 12.2. The summed E-state index contributed by atoms with van der Waals surface area (Å²) in [6.07, 6.45) is -0.0775. The lowest BCUT2D eigenvalue weighted by Crippen LogP contribution is -2.29. The molecule has 0 N–H and O–H groups in total. The number of aromatic nitrogens is 1. The van der Waals surface area contributed by atoms with Gasteiger partial charge in [-0.05, 0) is 25.8 Å². The first-order valence-electron chi connectivity index (χ1n) is 7.08. The van der Waals surface area contributed by atoms with Crippen molar-refractivity contribution in [2.75, 3.05) is 7.11 Å². The van der Waals surface area contributed by atoms with Gasteiger partial charge in [0.15, 0.2) is 5.79 Å². The highest BCUT2D eigenvalue weighted by Crippen LogP contribution is 2.44. The molecule has 0 spiro atoms. The molecule has 0 aromatic carbocycles. The molecule has 0 unspecified atom stereocenters. The van der Waals surface area contributed by atoms with E-state index in [2.05, 4.69) is 0 Å². The van der Waals surface area contributed by atoms with Crippen LogP contribution in [0.25, 0.3) is 0 Å². The van der Waals surface area contributed by atoms with Gasteiger partial charge in [0.05, 0.1) is 24.9 Å². The first-order chi connectivity index (χ1) is 9.88. The van der Waals surface area contributed by atoms with Crippen LogP contribution in [0.5, 0.6) is 0 Å². The molecule has 3 heterocycles. The van der Waals surface area contributed by atoms with Crippen LogP contribution in [0.3, 0.4) is 0 Å². The Morgan fingerprint density at radius 2 is 2.19 bits per heavy atom. The molecule has 1 saturated heterocycles. The van der Waals surface area contributed by atoms with E-state index in [9.17, 15) is 9.59 Å². The number of carbonyl (C=O) groups excluding carboxylic acids is 1. The van der Waals surface area contributed by atoms with Crippen molar-refractivity contribution in [3.05, 3.63) is 33.2 Å². The quantitative estimate of drug-likeness (QED) is 0.771. The summed E-state index contributed by atoms with van der Waals surface area (Å²) in [5.41, 5.74) is 1.58. The van der Waals surface area contributed by atoms with Crippen LogP contribution in [0.2, 0.25) is 0 Å². The predicted octanol–water partition coefficient (Wildman–Crippen LogP) is 1.40. The number of fused-ring (bicyclic) bond motifs is 3. The number of pyridine rings is 1. The summed E-state index contributed by atoms with van der Waals surface area (Å²) in [7, 11) is 1.34. The van der Waals surface area contributed by atoms with Crippen molar-refractivity contribution in [2.24, 2.45) is 0 Å². The van der Waals surface area contributed by atoms with Crippen molar-refractivity contribution in [2.45, 2.75) is 51.7 Å². The summed E-state index contributed by atoms with van der Waals surface area (Å²) in [5, 5.41) is 0. The highest BCUT2D eigenvalue weighted by molar-refractivity contribution is 5.92. The van der Waals surface area contributed by atoms with E-state index in [1.165, 1.54) is 13.2 Å². The van der Waals surface area contributed by atoms with Crippen molar-refractivity contribution in [1.82, 2.24) is 4.57 Å². The number of carbonyl (C=O) groups is 1. The third-order valence-electron chi connectivity index (χ3n) is 4.02. The largest absolute Gasteiger partial charge is 0.465 e. The van der Waals surface area contributed by atoms with Gasteiger partial charge in [-0.3, -0.25) is 4.79 Å². The van der Waals surface area contributed by atoms with E-state index >= 15 is 0 Å². The zero-order valence-corrected chi connectivity index (χ0v) is 12.6. The molecule has 2 aliphatic rings. The SMILES string of the molecule is CCc1cc(=O)n2c(c1C(=O)OC)[C@@H]1OC(C)(C)O[C@@H]1C2. The van der Waals surface area contributed by atoms with Crippen LogP contribution in [0.1, 0.15) is 48.5 Å². The molecule has 0 radical (unpaired) electrons. The van der Waals surface area contributed by atoms with Crippen LogP contribution >= 0.6 is 0 Å². The molecular formula is C15H19NO5. The van der Waals surface area contributed by atoms with Crippen molar-refractivity contribution in [3.8, 4) is 0 Å². The van der Waals surface area contributed by atoms with E-state index in [0.29, 0.717) is 29.8 Å². The van der Waals surface area contributed by atoms with E-state index in [1.807, 2.05) is 20.8 Å². The summed E-state index contributed by atoms with van der Waals surface area (Å²) >= 11 is 0. The van der Waals surface area contributed by atoms with Crippen LogP contribution < -0.4 is 5.56 Å². The molecule has 0 bridgehead atoms. The van der Waals surface area contributed by atoms with Crippen LogP contribution in [-0.4, -0.2) is 29.5 Å². The van der Waals surface area contributed by atoms with Gasteiger partial charge in [0.1, 0.15) is 12.2 Å². The lowest BCUT2D eigenvalue weighted by Gasteiger charge is -2.21. The second-order valence-electron chi connectivity index (χ2n) is 5.82. The van der Waals surface area contributed by atoms with Gasteiger partial charge in [-0.25, -0.2) is 4.79 Å². The minimum Gasteiger partial charge on any atom is -0.465 e. The molecule has 6 nitrogen and oxygen atoms in total. The maximum Gasteiger partial charge on any atom is 0.340 e. The summed E-state index contributed by atoms with van der Waals surface area (Å²) < 4.78 is 18.2. The number of esters is 1. The van der Waals surface area contributed by atoms with Crippen molar-refractivity contribution in [1.29, 1.82) is 0 Å². The van der Waals surface area contributed by atoms with Gasteiger partial charge in [-0.15, -0.1) is 0 Å². The van der Waals surface area contributed by atoms with Crippen LogP contribution in [0.4, 0.5) is 0 Å². The van der Waals surface area contributed by atoms with Crippen molar-refractivity contribution >= 4 is 5.97 Å². The molecule has 1 fully saturated rings. The minimum atomic E-state index is -0.716. The average Bonchev–Trinajstić information content (AvgIpc) is 2.90. The number of aryl methyl sites for hydroxylation is 1. The molecule has 114 valence electrons. The Labute approximate surface area is 122 Å². The fraction of sp³-hybridized carbons (Fsp3) is 0.600. The fourth-order valence-electron chi connectivity index (χ4n) is 3.20. The second kappa shape index (κ2) is 4.68. The summed E-state index contributed by atoms with van der Waals surface area (Å²) in [6, 6.07) is 1.50. The molecule has 3 rings (SSSR count). The summed E-state index contributed by atoms with van der Waals surface area (Å²) in [4.78, 5) is 24.4. The number of rotatable bonds is 2. The Morgan fingerprint density at radius 1 is 1.48 bits per heavy atom. The molecule has 1 aromatic rings. The third kappa shape index (κ3) is 2.10. The molecule has 2 aliphatic heterocycles. The van der Waals surface area contributed by atoms with Gasteiger partial charge in [0.2, 0.25) is 0 Å². The van der Waals surface area contributed by atoms with Gasteiger partial charge < -0.3 is 18.8 Å². The molecule has 2 atom stereocenters. The smallest absolute Gasteiger partial charge is 0.340 e. The van der Waals surface area contributed by atoms with E-state index < -0.39 is 17.9 Å². The molecule has 21 heavy (non-hydrogen) atoms. The molecule has 0 amide bonds. The molecule has 1 aromatic heterocycles. The highest BCUT2D eigenvalue weighted by atomic mass is 16.8. The van der Waals surface area contributed by atoms with Gasteiger partial charge in [0.25, 0.3) is 5.56 Å². The molecule has 0 saturated carbocycles. The number of ether oxygens (including phenoxy) is 3. The maximum atomic E-state index is 12.2. The Hall–Kier alpha value is -1.66. The van der Waals surface area contributed by atoms with Crippen molar-refractivity contribution in [3.63, 3.8) is 0 Å². The second-order valence-corrected chi connectivity index (χ2v) is 5.82. The van der Waals surface area contributed by atoms with E-state index in [4.69, 9.17) is 14.2 Å². The van der Waals surface area contributed by atoms with Crippen LogP contribution in [0.15, 0.2) is 10.9 Å². The molecule has 6 heteroatoms. The highest BCUT2D eigenvalue weighted by Gasteiger charge is 2.49. The first kappa shape index (κ1) is 14.3. The van der Waals surface area contributed by atoms with Crippen LogP contribution in [0, 0.1) is 0 Å². The van der Waals surface area contributed by atoms with E-state index in [-0.39, 0.29) is 11.7 Å². The Morgan fingerprint density at radius 3 is 2.81 bits per heavy atom. The van der Waals surface area contributed by atoms with Gasteiger partial charge >= 0.3 is 5.97 Å². The number of hydrogen-bond acceptors (Lipinski definition) is 5. The first-order valence-corrected chi connectivity index (χ1v) is 7.08. The fourth-order valence-corrected chi connectivity index (χ4v) is 3.20. The lowest BCUT2D eigenvalue weighted by atomic mass is 10.0. The summed E-state index contributed by atoms with van der Waals surface area (Å²) in [5.74, 6) is -1.16. The Kier molecular flexibility index (Phi) is 3.18. The van der Waals surface area contributed by atoms with Gasteiger partial charge in [-0.2, -0.15) is 0 Å². The predicted molar refractivity (Wildman–Crippen MR) is 74.2 cm³/mol. The number of hydrogen-bond donors (Lipinski definition) is 0. The topological polar surface area (TPSA) is 66.8 Å². The van der Waals surface area contributed by atoms with Crippen molar-refractivity contribution < 1.29 is 19.0 Å².